The Morgan fingerprint density at radius 1 is 1.47 bits per heavy atom. The van der Waals surface area contributed by atoms with E-state index in [1.807, 2.05) is 0 Å². The lowest BCUT2D eigenvalue weighted by molar-refractivity contribution is 0.443. The van der Waals surface area contributed by atoms with Gasteiger partial charge in [-0.2, -0.15) is 5.10 Å². The van der Waals surface area contributed by atoms with Crippen molar-refractivity contribution in [1.29, 1.82) is 0 Å². The zero-order chi connectivity index (χ0) is 12.3. The molecule has 0 amide bonds. The van der Waals surface area contributed by atoms with Crippen molar-refractivity contribution in [3.63, 3.8) is 0 Å². The van der Waals surface area contributed by atoms with Gasteiger partial charge in [-0.1, -0.05) is 6.92 Å². The van der Waals surface area contributed by atoms with E-state index in [0.717, 1.165) is 19.5 Å². The van der Waals surface area contributed by atoms with Crippen LogP contribution < -0.4 is 5.32 Å². The Kier molecular flexibility index (Phi) is 3.87. The molecule has 0 aromatic carbocycles. The highest BCUT2D eigenvalue weighted by Gasteiger charge is 2.42. The molecule has 1 saturated carbocycles. The van der Waals surface area contributed by atoms with Gasteiger partial charge in [-0.25, -0.2) is 0 Å². The van der Waals surface area contributed by atoms with Crippen LogP contribution in [-0.4, -0.2) is 22.9 Å². The van der Waals surface area contributed by atoms with Crippen molar-refractivity contribution in [1.82, 2.24) is 15.1 Å². The second-order valence-corrected chi connectivity index (χ2v) is 5.73. The molecule has 1 fully saturated rings. The van der Waals surface area contributed by atoms with E-state index >= 15 is 0 Å². The van der Waals surface area contributed by atoms with E-state index in [-0.39, 0.29) is 0 Å². The van der Waals surface area contributed by atoms with Crippen LogP contribution in [0.15, 0.2) is 12.3 Å². The molecular weight excluding hydrogens is 210 g/mol. The predicted octanol–water partition coefficient (Wildman–Crippen LogP) is 2.79. The maximum absolute atomic E-state index is 4.65. The fraction of sp³-hybridized carbons (Fsp3) is 0.786. The minimum Gasteiger partial charge on any atom is -0.316 e. The number of aromatic nitrogens is 2. The van der Waals surface area contributed by atoms with Crippen molar-refractivity contribution in [3.8, 4) is 0 Å². The largest absolute Gasteiger partial charge is 0.316 e. The van der Waals surface area contributed by atoms with Gasteiger partial charge in [0.2, 0.25) is 0 Å². The average Bonchev–Trinajstić information content (AvgIpc) is 2.88. The standard InChI is InChI=1S/C14H25N3/c1-4-8-15-11-14(6-7-14)10-13-5-9-17(16-13)12(2)3/h5,9,12,15H,4,6-8,10-11H2,1-3H3. The molecular formula is C14H25N3. The van der Waals surface area contributed by atoms with Crippen LogP contribution in [0.3, 0.4) is 0 Å². The number of nitrogens with zero attached hydrogens (tertiary/aromatic N) is 2. The minimum absolute atomic E-state index is 0.470. The highest BCUT2D eigenvalue weighted by atomic mass is 15.3. The zero-order valence-electron chi connectivity index (χ0n) is 11.4. The lowest BCUT2D eigenvalue weighted by Crippen LogP contribution is -2.26. The molecule has 96 valence electrons. The number of nitrogens with one attached hydrogen (secondary N) is 1. The van der Waals surface area contributed by atoms with Gasteiger partial charge < -0.3 is 5.32 Å². The third-order valence-corrected chi connectivity index (χ3v) is 3.63. The maximum Gasteiger partial charge on any atom is 0.0630 e. The summed E-state index contributed by atoms with van der Waals surface area (Å²) in [7, 11) is 0. The van der Waals surface area contributed by atoms with E-state index < -0.39 is 0 Å². The fourth-order valence-electron chi connectivity index (χ4n) is 2.27. The van der Waals surface area contributed by atoms with Crippen LogP contribution in [0.25, 0.3) is 0 Å². The summed E-state index contributed by atoms with van der Waals surface area (Å²) in [5.41, 5.74) is 1.78. The van der Waals surface area contributed by atoms with E-state index in [0.29, 0.717) is 11.5 Å². The highest BCUT2D eigenvalue weighted by molar-refractivity contribution is 5.09. The molecule has 0 radical (unpaired) electrons. The Hall–Kier alpha value is -0.830. The molecule has 1 aromatic heterocycles. The summed E-state index contributed by atoms with van der Waals surface area (Å²) in [6.45, 7) is 8.87. The van der Waals surface area contributed by atoms with Gasteiger partial charge in [0.25, 0.3) is 0 Å². The first kappa shape index (κ1) is 12.6. The van der Waals surface area contributed by atoms with Crippen molar-refractivity contribution in [3.05, 3.63) is 18.0 Å². The molecule has 3 nitrogen and oxygen atoms in total. The van der Waals surface area contributed by atoms with Crippen LogP contribution in [0.2, 0.25) is 0 Å². The Balaban J connectivity index is 1.86. The third-order valence-electron chi connectivity index (χ3n) is 3.63. The zero-order valence-corrected chi connectivity index (χ0v) is 11.4. The first-order valence-corrected chi connectivity index (χ1v) is 6.90. The Bertz CT molecular complexity index is 350. The van der Waals surface area contributed by atoms with Crippen molar-refractivity contribution >= 4 is 0 Å². The fourth-order valence-corrected chi connectivity index (χ4v) is 2.27. The lowest BCUT2D eigenvalue weighted by Gasteiger charge is -2.14. The van der Waals surface area contributed by atoms with Gasteiger partial charge in [0.15, 0.2) is 0 Å². The molecule has 1 aliphatic carbocycles. The van der Waals surface area contributed by atoms with Gasteiger partial charge in [-0.15, -0.1) is 0 Å². The Morgan fingerprint density at radius 2 is 2.24 bits per heavy atom. The maximum atomic E-state index is 4.65. The summed E-state index contributed by atoms with van der Waals surface area (Å²) in [5, 5.41) is 8.21. The summed E-state index contributed by atoms with van der Waals surface area (Å²) in [6.07, 6.45) is 7.19. The third kappa shape index (κ3) is 3.32. The quantitative estimate of drug-likeness (QED) is 0.737. The van der Waals surface area contributed by atoms with E-state index in [1.54, 1.807) is 0 Å². The summed E-state index contributed by atoms with van der Waals surface area (Å²) in [6, 6.07) is 2.65. The second-order valence-electron chi connectivity index (χ2n) is 5.73. The molecule has 0 aliphatic heterocycles. The van der Waals surface area contributed by atoms with Crippen LogP contribution in [-0.2, 0) is 6.42 Å². The molecule has 0 spiro atoms. The Morgan fingerprint density at radius 3 is 2.76 bits per heavy atom. The summed E-state index contributed by atoms with van der Waals surface area (Å²) >= 11 is 0. The van der Waals surface area contributed by atoms with Crippen molar-refractivity contribution in [2.75, 3.05) is 13.1 Å². The monoisotopic (exact) mass is 235 g/mol. The molecule has 3 heteroatoms. The summed E-state index contributed by atoms with van der Waals surface area (Å²) in [4.78, 5) is 0. The topological polar surface area (TPSA) is 29.9 Å². The SMILES string of the molecule is CCCNCC1(Cc2ccn(C(C)C)n2)CC1. The normalized spacial score (nSPS) is 17.6. The van der Waals surface area contributed by atoms with Crippen molar-refractivity contribution in [2.24, 2.45) is 5.41 Å². The molecule has 1 N–H and O–H groups in total. The van der Waals surface area contributed by atoms with E-state index in [9.17, 15) is 0 Å². The van der Waals surface area contributed by atoms with E-state index in [1.165, 1.54) is 25.0 Å². The lowest BCUT2D eigenvalue weighted by atomic mass is 10.0. The van der Waals surface area contributed by atoms with Gasteiger partial charge in [-0.05, 0) is 57.6 Å². The van der Waals surface area contributed by atoms with Gasteiger partial charge in [0.05, 0.1) is 5.69 Å². The van der Waals surface area contributed by atoms with Crippen molar-refractivity contribution in [2.45, 2.75) is 52.5 Å². The van der Waals surface area contributed by atoms with Crippen LogP contribution in [0.4, 0.5) is 0 Å². The molecule has 1 aliphatic rings. The predicted molar refractivity (Wildman–Crippen MR) is 71.1 cm³/mol. The van der Waals surface area contributed by atoms with E-state index in [4.69, 9.17) is 0 Å². The molecule has 2 rings (SSSR count). The molecule has 17 heavy (non-hydrogen) atoms. The molecule has 0 bridgehead atoms. The molecule has 1 heterocycles. The first-order valence-electron chi connectivity index (χ1n) is 6.90. The van der Waals surface area contributed by atoms with Crippen LogP contribution >= 0.6 is 0 Å². The van der Waals surface area contributed by atoms with Gasteiger partial charge in [0.1, 0.15) is 0 Å². The highest BCUT2D eigenvalue weighted by Crippen LogP contribution is 2.47. The number of hydrogen-bond acceptors (Lipinski definition) is 2. The molecule has 0 unspecified atom stereocenters. The van der Waals surface area contributed by atoms with Gasteiger partial charge in [-0.3, -0.25) is 4.68 Å². The number of hydrogen-bond donors (Lipinski definition) is 1. The first-order chi connectivity index (χ1) is 8.15. The summed E-state index contributed by atoms with van der Waals surface area (Å²) < 4.78 is 2.06. The van der Waals surface area contributed by atoms with Gasteiger partial charge >= 0.3 is 0 Å². The average molecular weight is 235 g/mol. The van der Waals surface area contributed by atoms with Crippen LogP contribution in [0.1, 0.15) is 51.8 Å². The molecule has 0 saturated heterocycles. The smallest absolute Gasteiger partial charge is 0.0630 e. The van der Waals surface area contributed by atoms with Crippen LogP contribution in [0.5, 0.6) is 0 Å². The molecule has 1 aromatic rings. The summed E-state index contributed by atoms with van der Waals surface area (Å²) in [5.74, 6) is 0. The minimum atomic E-state index is 0.470. The second kappa shape index (κ2) is 5.21. The van der Waals surface area contributed by atoms with Crippen molar-refractivity contribution < 1.29 is 0 Å². The van der Waals surface area contributed by atoms with Crippen LogP contribution in [0, 0.1) is 5.41 Å². The van der Waals surface area contributed by atoms with Gasteiger partial charge in [0, 0.05) is 18.8 Å². The van der Waals surface area contributed by atoms with E-state index in [2.05, 4.69) is 48.1 Å². The Labute approximate surface area is 105 Å². The number of rotatable bonds is 7. The molecule has 0 atom stereocenters.